The normalized spacial score (nSPS) is 13.8. The summed E-state index contributed by atoms with van der Waals surface area (Å²) in [6, 6.07) is 9.68. The van der Waals surface area contributed by atoms with Gasteiger partial charge in [0.2, 0.25) is 5.91 Å². The molecule has 0 saturated heterocycles. The van der Waals surface area contributed by atoms with Gasteiger partial charge in [-0.25, -0.2) is 0 Å². The minimum absolute atomic E-state index is 0.00254. The van der Waals surface area contributed by atoms with Gasteiger partial charge in [0.1, 0.15) is 11.6 Å². The Bertz CT molecular complexity index is 652. The zero-order valence-corrected chi connectivity index (χ0v) is 14.4. The molecule has 124 valence electrons. The molecular weight excluding hydrogens is 290 g/mol. The lowest BCUT2D eigenvalue weighted by molar-refractivity contribution is -0.126. The van der Waals surface area contributed by atoms with Crippen LogP contribution in [0.4, 0.5) is 0 Å². The van der Waals surface area contributed by atoms with Gasteiger partial charge in [0.05, 0.1) is 18.6 Å². The van der Waals surface area contributed by atoms with Crippen LogP contribution in [0.25, 0.3) is 0 Å². The van der Waals surface area contributed by atoms with Crippen LogP contribution < -0.4 is 5.32 Å². The van der Waals surface area contributed by atoms with Crippen LogP contribution in [0.5, 0.6) is 0 Å². The molecule has 1 heterocycles. The molecule has 2 atom stereocenters. The number of likely N-dealkylation sites (N-methyl/N-ethyl adjacent to an activating group) is 1. The molecule has 1 aromatic heterocycles. The van der Waals surface area contributed by atoms with E-state index < -0.39 is 0 Å². The van der Waals surface area contributed by atoms with Gasteiger partial charge in [0, 0.05) is 7.05 Å². The van der Waals surface area contributed by atoms with Crippen molar-refractivity contribution < 1.29 is 4.79 Å². The quantitative estimate of drug-likeness (QED) is 0.883. The topological polar surface area (TPSA) is 63.1 Å². The Morgan fingerprint density at radius 3 is 2.48 bits per heavy atom. The number of carbonyl (C=O) groups excluding carboxylic acids is 1. The van der Waals surface area contributed by atoms with Crippen LogP contribution in [0.15, 0.2) is 30.3 Å². The van der Waals surface area contributed by atoms with Gasteiger partial charge in [-0.15, -0.1) is 10.2 Å². The molecule has 0 fully saturated rings. The fourth-order valence-electron chi connectivity index (χ4n) is 2.31. The second kappa shape index (κ2) is 7.37. The molecule has 1 amide bonds. The Balaban J connectivity index is 1.95. The van der Waals surface area contributed by atoms with Crippen molar-refractivity contribution in [3.8, 4) is 0 Å². The predicted octanol–water partition coefficient (Wildman–Crippen LogP) is 1.82. The maximum Gasteiger partial charge on any atom is 0.237 e. The first kappa shape index (κ1) is 17.1. The Hall–Kier alpha value is -2.21. The van der Waals surface area contributed by atoms with Gasteiger partial charge in [0.25, 0.3) is 0 Å². The van der Waals surface area contributed by atoms with E-state index in [9.17, 15) is 4.79 Å². The first-order chi connectivity index (χ1) is 10.9. The summed E-state index contributed by atoms with van der Waals surface area (Å²) in [5.41, 5.74) is 1.10. The standard InChI is InChI=1S/C17H25N5O/c1-12(15-9-7-6-8-10-15)18-17(23)13(2)21(4)11-16-20-19-14(3)22(16)5/h6-10,12-13H,11H2,1-5H3,(H,18,23)/t12-,13+/m1/s1. The highest BCUT2D eigenvalue weighted by atomic mass is 16.2. The summed E-state index contributed by atoms with van der Waals surface area (Å²) >= 11 is 0. The van der Waals surface area contributed by atoms with Crippen LogP contribution in [0.2, 0.25) is 0 Å². The lowest BCUT2D eigenvalue weighted by Crippen LogP contribution is -2.44. The number of rotatable bonds is 6. The first-order valence-electron chi connectivity index (χ1n) is 7.80. The van der Waals surface area contributed by atoms with E-state index in [1.165, 1.54) is 0 Å². The maximum atomic E-state index is 12.5. The van der Waals surface area contributed by atoms with Crippen LogP contribution >= 0.6 is 0 Å². The number of amides is 1. The molecule has 0 bridgehead atoms. The predicted molar refractivity (Wildman–Crippen MR) is 89.7 cm³/mol. The SMILES string of the molecule is Cc1nnc(CN(C)[C@@H](C)C(=O)N[C@H](C)c2ccccc2)n1C. The molecule has 6 heteroatoms. The number of carbonyl (C=O) groups is 1. The molecule has 0 spiro atoms. The molecule has 0 radical (unpaired) electrons. The van der Waals surface area contributed by atoms with Crippen LogP contribution in [0.1, 0.15) is 37.1 Å². The third-order valence-corrected chi connectivity index (χ3v) is 4.27. The van der Waals surface area contributed by atoms with Crippen LogP contribution in [0, 0.1) is 6.92 Å². The number of aryl methyl sites for hydroxylation is 1. The average Bonchev–Trinajstić information content (AvgIpc) is 2.86. The highest BCUT2D eigenvalue weighted by Gasteiger charge is 2.21. The fourth-order valence-corrected chi connectivity index (χ4v) is 2.31. The number of benzene rings is 1. The summed E-state index contributed by atoms with van der Waals surface area (Å²) in [6.45, 7) is 6.38. The van der Waals surface area contributed by atoms with Crippen molar-refractivity contribution in [2.24, 2.45) is 7.05 Å². The molecule has 1 aromatic carbocycles. The summed E-state index contributed by atoms with van der Waals surface area (Å²) in [4.78, 5) is 14.4. The number of hydrogen-bond acceptors (Lipinski definition) is 4. The van der Waals surface area contributed by atoms with Gasteiger partial charge in [-0.3, -0.25) is 9.69 Å². The van der Waals surface area contributed by atoms with Gasteiger partial charge >= 0.3 is 0 Å². The minimum Gasteiger partial charge on any atom is -0.348 e. The minimum atomic E-state index is -0.252. The van der Waals surface area contributed by atoms with Gasteiger partial charge in [-0.1, -0.05) is 30.3 Å². The maximum absolute atomic E-state index is 12.5. The van der Waals surface area contributed by atoms with Crippen molar-refractivity contribution >= 4 is 5.91 Å². The third-order valence-electron chi connectivity index (χ3n) is 4.27. The van der Waals surface area contributed by atoms with Crippen molar-refractivity contribution in [3.63, 3.8) is 0 Å². The Labute approximate surface area is 137 Å². The zero-order valence-electron chi connectivity index (χ0n) is 14.4. The van der Waals surface area contributed by atoms with Gasteiger partial charge in [-0.05, 0) is 33.4 Å². The van der Waals surface area contributed by atoms with Crippen LogP contribution in [-0.2, 0) is 18.4 Å². The van der Waals surface area contributed by atoms with E-state index in [2.05, 4.69) is 15.5 Å². The fraction of sp³-hybridized carbons (Fsp3) is 0.471. The molecular formula is C17H25N5O. The summed E-state index contributed by atoms with van der Waals surface area (Å²) in [5, 5.41) is 11.3. The van der Waals surface area contributed by atoms with E-state index in [1.807, 2.05) is 74.7 Å². The molecule has 0 unspecified atom stereocenters. The van der Waals surface area contributed by atoms with Crippen molar-refractivity contribution in [1.29, 1.82) is 0 Å². The summed E-state index contributed by atoms with van der Waals surface area (Å²) < 4.78 is 1.94. The second-order valence-corrected chi connectivity index (χ2v) is 5.95. The van der Waals surface area contributed by atoms with Gasteiger partial charge in [0.15, 0.2) is 0 Å². The van der Waals surface area contributed by atoms with Crippen molar-refractivity contribution in [1.82, 2.24) is 25.0 Å². The number of nitrogens with zero attached hydrogens (tertiary/aromatic N) is 4. The lowest BCUT2D eigenvalue weighted by Gasteiger charge is -2.25. The summed E-state index contributed by atoms with van der Waals surface area (Å²) in [5.74, 6) is 1.71. The molecule has 0 aliphatic carbocycles. The van der Waals surface area contributed by atoms with E-state index in [-0.39, 0.29) is 18.0 Å². The van der Waals surface area contributed by atoms with Crippen LogP contribution in [-0.4, -0.2) is 38.7 Å². The van der Waals surface area contributed by atoms with E-state index >= 15 is 0 Å². The van der Waals surface area contributed by atoms with E-state index in [4.69, 9.17) is 0 Å². The Morgan fingerprint density at radius 2 is 1.91 bits per heavy atom. The van der Waals surface area contributed by atoms with Crippen molar-refractivity contribution in [3.05, 3.63) is 47.5 Å². The molecule has 2 rings (SSSR count). The molecule has 2 aromatic rings. The number of hydrogen-bond donors (Lipinski definition) is 1. The molecule has 23 heavy (non-hydrogen) atoms. The van der Waals surface area contributed by atoms with Crippen molar-refractivity contribution in [2.75, 3.05) is 7.05 Å². The van der Waals surface area contributed by atoms with E-state index in [0.29, 0.717) is 6.54 Å². The number of nitrogens with one attached hydrogen (secondary N) is 1. The Kier molecular flexibility index (Phi) is 5.50. The molecule has 0 aliphatic heterocycles. The highest BCUT2D eigenvalue weighted by molar-refractivity contribution is 5.81. The third kappa shape index (κ3) is 4.16. The first-order valence-corrected chi connectivity index (χ1v) is 7.80. The number of aromatic nitrogens is 3. The van der Waals surface area contributed by atoms with Crippen molar-refractivity contribution in [2.45, 2.75) is 39.4 Å². The summed E-state index contributed by atoms with van der Waals surface area (Å²) in [6.07, 6.45) is 0. The smallest absolute Gasteiger partial charge is 0.237 e. The van der Waals surface area contributed by atoms with Gasteiger partial charge < -0.3 is 9.88 Å². The van der Waals surface area contributed by atoms with E-state index in [1.54, 1.807) is 0 Å². The highest BCUT2D eigenvalue weighted by Crippen LogP contribution is 2.12. The summed E-state index contributed by atoms with van der Waals surface area (Å²) in [7, 11) is 3.85. The molecule has 1 N–H and O–H groups in total. The van der Waals surface area contributed by atoms with Crippen LogP contribution in [0.3, 0.4) is 0 Å². The zero-order chi connectivity index (χ0) is 17.0. The average molecular weight is 315 g/mol. The molecule has 0 aliphatic rings. The monoisotopic (exact) mass is 315 g/mol. The van der Waals surface area contributed by atoms with Gasteiger partial charge in [-0.2, -0.15) is 0 Å². The molecule has 6 nitrogen and oxygen atoms in total. The Morgan fingerprint density at radius 1 is 1.26 bits per heavy atom. The molecule has 0 saturated carbocycles. The van der Waals surface area contributed by atoms with E-state index in [0.717, 1.165) is 17.2 Å². The second-order valence-electron chi connectivity index (χ2n) is 5.95. The lowest BCUT2D eigenvalue weighted by atomic mass is 10.1. The largest absolute Gasteiger partial charge is 0.348 e.